The van der Waals surface area contributed by atoms with Crippen LogP contribution in [0.3, 0.4) is 0 Å². The molecular formula is C38H62O2. The van der Waals surface area contributed by atoms with Crippen molar-refractivity contribution in [2.75, 3.05) is 0 Å². The van der Waals surface area contributed by atoms with Gasteiger partial charge in [-0.25, -0.2) is 0 Å². The SMILES string of the molecule is C[C@@]12CCC[C@H]1[C@@H]1CC[C@H]3C(O)CCC[C@]3(C)[C@H]1CC2.C[C@]12CC[C@@H](O)C[C@@H]1CC[C@@H]1[C@@H]2CC[C@]2(C)C=CC[C@@H]12. The lowest BCUT2D eigenvalue weighted by Gasteiger charge is -2.60. The van der Waals surface area contributed by atoms with Crippen LogP contribution < -0.4 is 0 Å². The van der Waals surface area contributed by atoms with Crippen molar-refractivity contribution in [3.8, 4) is 0 Å². The van der Waals surface area contributed by atoms with Gasteiger partial charge in [0.25, 0.3) is 0 Å². The van der Waals surface area contributed by atoms with E-state index in [-0.39, 0.29) is 12.2 Å². The summed E-state index contributed by atoms with van der Waals surface area (Å²) in [5.41, 5.74) is 2.19. The van der Waals surface area contributed by atoms with Crippen LogP contribution in [0.2, 0.25) is 0 Å². The van der Waals surface area contributed by atoms with Gasteiger partial charge in [-0.3, -0.25) is 0 Å². The smallest absolute Gasteiger partial charge is 0.0573 e. The monoisotopic (exact) mass is 550 g/mol. The second-order valence-electron chi connectivity index (χ2n) is 17.9. The molecule has 0 aromatic heterocycles. The minimum atomic E-state index is -0.00775. The average molecular weight is 551 g/mol. The Morgan fingerprint density at radius 2 is 1.30 bits per heavy atom. The molecule has 7 fully saturated rings. The Labute approximate surface area is 246 Å². The van der Waals surface area contributed by atoms with Gasteiger partial charge in [-0.1, -0.05) is 52.7 Å². The number of hydrogen-bond donors (Lipinski definition) is 2. The third kappa shape index (κ3) is 4.29. The zero-order valence-corrected chi connectivity index (χ0v) is 26.6. The van der Waals surface area contributed by atoms with E-state index < -0.39 is 0 Å². The van der Waals surface area contributed by atoms with Crippen LogP contribution in [0.1, 0.15) is 143 Å². The number of fused-ring (bicyclic) bond motifs is 10. The summed E-state index contributed by atoms with van der Waals surface area (Å²) in [4.78, 5) is 0. The molecule has 8 aliphatic carbocycles. The molecule has 40 heavy (non-hydrogen) atoms. The van der Waals surface area contributed by atoms with Gasteiger partial charge in [-0.05, 0) is 172 Å². The van der Waals surface area contributed by atoms with Crippen molar-refractivity contribution >= 4 is 0 Å². The summed E-state index contributed by atoms with van der Waals surface area (Å²) < 4.78 is 0. The maximum Gasteiger partial charge on any atom is 0.0573 e. The van der Waals surface area contributed by atoms with E-state index in [9.17, 15) is 10.2 Å². The van der Waals surface area contributed by atoms with Gasteiger partial charge < -0.3 is 10.2 Å². The second kappa shape index (κ2) is 10.1. The highest BCUT2D eigenvalue weighted by atomic mass is 16.3. The van der Waals surface area contributed by atoms with E-state index >= 15 is 0 Å². The van der Waals surface area contributed by atoms with E-state index in [0.717, 1.165) is 60.7 Å². The molecule has 226 valence electrons. The third-order valence-electron chi connectivity index (χ3n) is 16.4. The lowest BCUT2D eigenvalue weighted by Crippen LogP contribution is -2.54. The molecule has 1 unspecified atom stereocenters. The summed E-state index contributed by atoms with van der Waals surface area (Å²) in [6.45, 7) is 10.2. The lowest BCUT2D eigenvalue weighted by molar-refractivity contribution is -0.139. The quantitative estimate of drug-likeness (QED) is 0.295. The molecule has 2 N–H and O–H groups in total. The molecule has 0 saturated heterocycles. The van der Waals surface area contributed by atoms with Crippen LogP contribution >= 0.6 is 0 Å². The molecule has 8 rings (SSSR count). The van der Waals surface area contributed by atoms with Crippen LogP contribution in [0.4, 0.5) is 0 Å². The van der Waals surface area contributed by atoms with Crippen molar-refractivity contribution in [2.24, 2.45) is 69.0 Å². The molecule has 0 aliphatic heterocycles. The summed E-state index contributed by atoms with van der Waals surface area (Å²) in [7, 11) is 0. The standard InChI is InChI=1S/C19H32O.C19H30O/c1-18-10-3-5-14(18)13-7-8-16-17(20)6-4-11-19(16,2)15(13)9-12-18;1-18-9-3-4-16(18)15-6-5-13-12-14(20)7-11-19(13,2)17(15)8-10-18/h13-17,20H,3-12H2,1-2H3;3,9,13-17,20H,4-8,10-12H2,1-2H3/t13-,14-,15-,16-,17?,18-,19+;13-,14+,15-,16-,17-,18-,19-/m00/s1. The molecule has 0 spiro atoms. The zero-order chi connectivity index (χ0) is 27.9. The molecule has 2 heteroatoms. The first-order chi connectivity index (χ1) is 19.1. The Kier molecular flexibility index (Phi) is 7.18. The molecule has 0 amide bonds. The van der Waals surface area contributed by atoms with Crippen LogP contribution in [0, 0.1) is 69.0 Å². The fourth-order valence-corrected chi connectivity index (χ4v) is 14.1. The van der Waals surface area contributed by atoms with Gasteiger partial charge >= 0.3 is 0 Å². The van der Waals surface area contributed by atoms with E-state index in [4.69, 9.17) is 0 Å². The summed E-state index contributed by atoms with van der Waals surface area (Å²) in [5.74, 6) is 7.15. The van der Waals surface area contributed by atoms with E-state index in [1.807, 2.05) is 0 Å². The van der Waals surface area contributed by atoms with Crippen molar-refractivity contribution in [3.63, 3.8) is 0 Å². The molecule has 8 aliphatic rings. The zero-order valence-electron chi connectivity index (χ0n) is 26.6. The first kappa shape index (κ1) is 28.4. The van der Waals surface area contributed by atoms with Gasteiger partial charge in [0, 0.05) is 0 Å². The molecule has 14 atom stereocenters. The molecule has 0 bridgehead atoms. The summed E-state index contributed by atoms with van der Waals surface area (Å²) in [6, 6.07) is 0. The van der Waals surface area contributed by atoms with Crippen molar-refractivity contribution in [3.05, 3.63) is 12.2 Å². The van der Waals surface area contributed by atoms with Crippen molar-refractivity contribution in [1.82, 2.24) is 0 Å². The highest BCUT2D eigenvalue weighted by Crippen LogP contribution is 2.67. The average Bonchev–Trinajstić information content (AvgIpc) is 3.52. The van der Waals surface area contributed by atoms with Gasteiger partial charge in [0.05, 0.1) is 12.2 Å². The predicted molar refractivity (Wildman–Crippen MR) is 165 cm³/mol. The van der Waals surface area contributed by atoms with Gasteiger partial charge in [0.15, 0.2) is 0 Å². The van der Waals surface area contributed by atoms with Crippen LogP contribution in [-0.4, -0.2) is 22.4 Å². The van der Waals surface area contributed by atoms with Gasteiger partial charge in [-0.2, -0.15) is 0 Å². The molecule has 0 heterocycles. The van der Waals surface area contributed by atoms with Crippen molar-refractivity contribution in [1.29, 1.82) is 0 Å². The van der Waals surface area contributed by atoms with Crippen LogP contribution in [0.15, 0.2) is 12.2 Å². The van der Waals surface area contributed by atoms with Crippen molar-refractivity contribution < 1.29 is 10.2 Å². The molecule has 2 nitrogen and oxygen atoms in total. The maximum atomic E-state index is 10.5. The molecule has 0 radical (unpaired) electrons. The number of aliphatic hydroxyl groups is 2. The number of hydrogen-bond acceptors (Lipinski definition) is 2. The van der Waals surface area contributed by atoms with E-state index in [0.29, 0.717) is 27.6 Å². The van der Waals surface area contributed by atoms with Gasteiger partial charge in [0.2, 0.25) is 0 Å². The lowest BCUT2D eigenvalue weighted by atomic mass is 9.45. The van der Waals surface area contributed by atoms with E-state index in [2.05, 4.69) is 39.8 Å². The van der Waals surface area contributed by atoms with Gasteiger partial charge in [-0.15, -0.1) is 0 Å². The second-order valence-corrected chi connectivity index (χ2v) is 17.9. The molecule has 7 saturated carbocycles. The molecular weight excluding hydrogens is 488 g/mol. The van der Waals surface area contributed by atoms with Crippen LogP contribution in [-0.2, 0) is 0 Å². The number of allylic oxidation sites excluding steroid dienone is 2. The minimum absolute atomic E-state index is 0.00610. The van der Waals surface area contributed by atoms with E-state index in [1.54, 1.807) is 0 Å². The first-order valence-electron chi connectivity index (χ1n) is 18.1. The van der Waals surface area contributed by atoms with Crippen LogP contribution in [0.25, 0.3) is 0 Å². The minimum Gasteiger partial charge on any atom is -0.393 e. The number of aliphatic hydroxyl groups excluding tert-OH is 2. The molecule has 0 aromatic carbocycles. The number of rotatable bonds is 0. The fourth-order valence-electron chi connectivity index (χ4n) is 14.1. The summed E-state index contributed by atoms with van der Waals surface area (Å²) >= 11 is 0. The Morgan fingerprint density at radius 3 is 2.15 bits per heavy atom. The maximum absolute atomic E-state index is 10.5. The van der Waals surface area contributed by atoms with Crippen molar-refractivity contribution in [2.45, 2.75) is 155 Å². The van der Waals surface area contributed by atoms with Gasteiger partial charge in [0.1, 0.15) is 0 Å². The largest absolute Gasteiger partial charge is 0.393 e. The Hall–Kier alpha value is -0.340. The highest BCUT2D eigenvalue weighted by molar-refractivity contribution is 5.16. The fraction of sp³-hybridized carbons (Fsp3) is 0.947. The Morgan fingerprint density at radius 1 is 0.575 bits per heavy atom. The Balaban J connectivity index is 0.000000132. The highest BCUT2D eigenvalue weighted by Gasteiger charge is 2.59. The summed E-state index contributed by atoms with van der Waals surface area (Å²) in [6.07, 6.45) is 29.2. The third-order valence-corrected chi connectivity index (χ3v) is 16.4. The normalized spacial score (nSPS) is 58.2. The Bertz CT molecular complexity index is 973. The van der Waals surface area contributed by atoms with Crippen LogP contribution in [0.5, 0.6) is 0 Å². The molecule has 0 aromatic rings. The van der Waals surface area contributed by atoms with E-state index in [1.165, 1.54) is 96.3 Å². The predicted octanol–water partition coefficient (Wildman–Crippen LogP) is 9.34. The summed E-state index contributed by atoms with van der Waals surface area (Å²) in [5, 5.41) is 20.5. The first-order valence-corrected chi connectivity index (χ1v) is 18.1. The topological polar surface area (TPSA) is 40.5 Å².